The van der Waals surface area contributed by atoms with E-state index < -0.39 is 6.10 Å². The molecular weight excluding hydrogens is 402 g/mol. The van der Waals surface area contributed by atoms with Crippen LogP contribution >= 0.6 is 11.3 Å². The van der Waals surface area contributed by atoms with Gasteiger partial charge in [-0.2, -0.15) is 0 Å². The first kappa shape index (κ1) is 21.1. The monoisotopic (exact) mass is 431 g/mol. The maximum atomic E-state index is 13.4. The van der Waals surface area contributed by atoms with Crippen molar-refractivity contribution >= 4 is 17.2 Å². The van der Waals surface area contributed by atoms with Crippen LogP contribution < -0.4 is 9.47 Å². The molecule has 30 heavy (non-hydrogen) atoms. The number of benzene rings is 1. The summed E-state index contributed by atoms with van der Waals surface area (Å²) in [5.41, 5.74) is 3.92. The van der Waals surface area contributed by atoms with Crippen LogP contribution in [0.3, 0.4) is 0 Å². The van der Waals surface area contributed by atoms with Gasteiger partial charge in [-0.3, -0.25) is 9.69 Å². The fourth-order valence-electron chi connectivity index (χ4n) is 3.82. The van der Waals surface area contributed by atoms with Crippen LogP contribution in [0.2, 0.25) is 0 Å². The Morgan fingerprint density at radius 1 is 1.27 bits per heavy atom. The fraction of sp³-hybridized carbons (Fsp3) is 0.545. The number of morpholine rings is 1. The van der Waals surface area contributed by atoms with Gasteiger partial charge in [0.15, 0.2) is 11.5 Å². The van der Waals surface area contributed by atoms with Crippen molar-refractivity contribution in [1.29, 1.82) is 0 Å². The number of ether oxygens (including phenoxy) is 3. The number of nitrogens with zero attached hydrogens (tertiary/aromatic N) is 3. The second kappa shape index (κ2) is 9.76. The zero-order valence-corrected chi connectivity index (χ0v) is 18.4. The minimum atomic E-state index is -0.451. The van der Waals surface area contributed by atoms with E-state index >= 15 is 0 Å². The van der Waals surface area contributed by atoms with Crippen molar-refractivity contribution in [2.45, 2.75) is 33.0 Å². The number of aromatic nitrogens is 1. The number of hydrogen-bond acceptors (Lipinski definition) is 7. The highest BCUT2D eigenvalue weighted by Gasteiger charge is 2.31. The van der Waals surface area contributed by atoms with Crippen molar-refractivity contribution in [3.05, 3.63) is 40.3 Å². The van der Waals surface area contributed by atoms with E-state index in [1.54, 1.807) is 11.3 Å². The minimum Gasteiger partial charge on any atom is -0.486 e. The SMILES string of the molecule is CC(C)CN(Cc1ccc2c(c1)OCCO2)C(=O)C1CN(Cc2cscn2)CCO1. The molecule has 0 saturated carbocycles. The molecule has 2 aliphatic heterocycles. The molecule has 8 heteroatoms. The Morgan fingerprint density at radius 3 is 2.87 bits per heavy atom. The zero-order valence-electron chi connectivity index (χ0n) is 17.6. The van der Waals surface area contributed by atoms with Gasteiger partial charge in [-0.25, -0.2) is 4.98 Å². The van der Waals surface area contributed by atoms with E-state index in [1.165, 1.54) is 0 Å². The molecule has 0 N–H and O–H groups in total. The number of carbonyl (C=O) groups is 1. The topological polar surface area (TPSA) is 64.1 Å². The fourth-order valence-corrected chi connectivity index (χ4v) is 4.37. The first-order valence-corrected chi connectivity index (χ1v) is 11.4. The molecule has 1 saturated heterocycles. The summed E-state index contributed by atoms with van der Waals surface area (Å²) < 4.78 is 17.2. The van der Waals surface area contributed by atoms with E-state index in [-0.39, 0.29) is 5.91 Å². The van der Waals surface area contributed by atoms with Gasteiger partial charge in [0.05, 0.1) is 17.8 Å². The Hall–Kier alpha value is -2.16. The van der Waals surface area contributed by atoms with Gasteiger partial charge in [-0.1, -0.05) is 19.9 Å². The highest BCUT2D eigenvalue weighted by atomic mass is 32.1. The molecular formula is C22H29N3O4S. The predicted octanol–water partition coefficient (Wildman–Crippen LogP) is 2.80. The van der Waals surface area contributed by atoms with Gasteiger partial charge in [0.2, 0.25) is 0 Å². The Morgan fingerprint density at radius 2 is 2.10 bits per heavy atom. The van der Waals surface area contributed by atoms with Crippen LogP contribution in [0, 0.1) is 5.92 Å². The lowest BCUT2D eigenvalue weighted by atomic mass is 10.1. The third-order valence-electron chi connectivity index (χ3n) is 5.17. The van der Waals surface area contributed by atoms with Gasteiger partial charge in [0.1, 0.15) is 19.3 Å². The number of thiazole rings is 1. The van der Waals surface area contributed by atoms with E-state index in [0.29, 0.717) is 45.4 Å². The highest BCUT2D eigenvalue weighted by molar-refractivity contribution is 7.07. The van der Waals surface area contributed by atoms with Crippen molar-refractivity contribution in [3.63, 3.8) is 0 Å². The maximum Gasteiger partial charge on any atom is 0.253 e. The van der Waals surface area contributed by atoms with Crippen molar-refractivity contribution in [3.8, 4) is 11.5 Å². The summed E-state index contributed by atoms with van der Waals surface area (Å²) in [5.74, 6) is 1.92. The summed E-state index contributed by atoms with van der Waals surface area (Å²) >= 11 is 1.59. The molecule has 0 spiro atoms. The Balaban J connectivity index is 1.43. The summed E-state index contributed by atoms with van der Waals surface area (Å²) in [6.07, 6.45) is -0.451. The first-order chi connectivity index (χ1) is 14.6. The van der Waals surface area contributed by atoms with Crippen LogP contribution in [-0.4, -0.2) is 66.2 Å². The second-order valence-electron chi connectivity index (χ2n) is 8.16. The molecule has 1 fully saturated rings. The maximum absolute atomic E-state index is 13.4. The second-order valence-corrected chi connectivity index (χ2v) is 8.88. The Kier molecular flexibility index (Phi) is 6.86. The van der Waals surface area contributed by atoms with E-state index in [9.17, 15) is 4.79 Å². The van der Waals surface area contributed by atoms with Gasteiger partial charge >= 0.3 is 0 Å². The Bertz CT molecular complexity index is 843. The lowest BCUT2D eigenvalue weighted by molar-refractivity contribution is -0.151. The largest absolute Gasteiger partial charge is 0.486 e. The van der Waals surface area contributed by atoms with Gasteiger partial charge in [0.25, 0.3) is 5.91 Å². The molecule has 1 aromatic heterocycles. The third kappa shape index (κ3) is 5.30. The summed E-state index contributed by atoms with van der Waals surface area (Å²) in [4.78, 5) is 21.9. The van der Waals surface area contributed by atoms with Crippen molar-refractivity contribution in [2.75, 3.05) is 39.5 Å². The van der Waals surface area contributed by atoms with E-state index in [0.717, 1.165) is 35.8 Å². The van der Waals surface area contributed by atoms with Gasteiger partial charge in [0, 0.05) is 38.1 Å². The average molecular weight is 432 g/mol. The van der Waals surface area contributed by atoms with Crippen LogP contribution in [0.1, 0.15) is 25.1 Å². The molecule has 1 atom stereocenters. The molecule has 162 valence electrons. The molecule has 0 radical (unpaired) electrons. The Labute approximate surface area is 181 Å². The van der Waals surface area contributed by atoms with Crippen molar-refractivity contribution < 1.29 is 19.0 Å². The van der Waals surface area contributed by atoms with Crippen molar-refractivity contribution in [2.24, 2.45) is 5.92 Å². The molecule has 2 aliphatic rings. The molecule has 1 aromatic carbocycles. The van der Waals surface area contributed by atoms with Gasteiger partial charge in [-0.05, 0) is 23.6 Å². The van der Waals surface area contributed by atoms with Crippen molar-refractivity contribution in [1.82, 2.24) is 14.8 Å². The quantitative estimate of drug-likeness (QED) is 0.672. The highest BCUT2D eigenvalue weighted by Crippen LogP contribution is 2.31. The molecule has 1 amide bonds. The van der Waals surface area contributed by atoms with E-state index in [2.05, 4.69) is 29.1 Å². The smallest absolute Gasteiger partial charge is 0.253 e. The predicted molar refractivity (Wildman–Crippen MR) is 115 cm³/mol. The average Bonchev–Trinajstić information content (AvgIpc) is 3.25. The minimum absolute atomic E-state index is 0.0431. The molecule has 3 heterocycles. The van der Waals surface area contributed by atoms with E-state index in [1.807, 2.05) is 28.6 Å². The van der Waals surface area contributed by atoms with Gasteiger partial charge < -0.3 is 19.1 Å². The normalized spacial score (nSPS) is 19.1. The lowest BCUT2D eigenvalue weighted by Gasteiger charge is -2.35. The lowest BCUT2D eigenvalue weighted by Crippen LogP contribution is -2.51. The molecule has 0 aliphatic carbocycles. The molecule has 4 rings (SSSR count). The standard InChI is InChI=1S/C22H29N3O4S/c1-16(2)10-25(11-17-3-4-19-20(9-17)29-8-7-28-19)22(26)21-13-24(5-6-27-21)12-18-14-30-15-23-18/h3-4,9,14-16,21H,5-8,10-13H2,1-2H3. The van der Waals surface area contributed by atoms with E-state index in [4.69, 9.17) is 14.2 Å². The number of amides is 1. The summed E-state index contributed by atoms with van der Waals surface area (Å²) in [6, 6.07) is 5.91. The number of hydrogen-bond donors (Lipinski definition) is 0. The van der Waals surface area contributed by atoms with Crippen LogP contribution in [-0.2, 0) is 22.6 Å². The van der Waals surface area contributed by atoms with Crippen LogP contribution in [0.4, 0.5) is 0 Å². The molecule has 2 aromatic rings. The summed E-state index contributed by atoms with van der Waals surface area (Å²) in [5, 5.41) is 2.05. The van der Waals surface area contributed by atoms with Crippen LogP contribution in [0.15, 0.2) is 29.1 Å². The zero-order chi connectivity index (χ0) is 20.9. The van der Waals surface area contributed by atoms with Crippen LogP contribution in [0.5, 0.6) is 11.5 Å². The number of rotatable bonds is 7. The van der Waals surface area contributed by atoms with Crippen LogP contribution in [0.25, 0.3) is 0 Å². The number of carbonyl (C=O) groups excluding carboxylic acids is 1. The third-order valence-corrected chi connectivity index (χ3v) is 5.81. The summed E-state index contributed by atoms with van der Waals surface area (Å²) in [7, 11) is 0. The first-order valence-electron chi connectivity index (χ1n) is 10.5. The molecule has 7 nitrogen and oxygen atoms in total. The molecule has 1 unspecified atom stereocenters. The van der Waals surface area contributed by atoms with Gasteiger partial charge in [-0.15, -0.1) is 11.3 Å². The molecule has 0 bridgehead atoms. The summed E-state index contributed by atoms with van der Waals surface area (Å²) in [6.45, 7) is 9.29. The number of fused-ring (bicyclic) bond motifs is 1.